The molecule has 3 aromatic carbocycles. The zero-order valence-electron chi connectivity index (χ0n) is 25.5. The molecule has 0 fully saturated rings. The first-order chi connectivity index (χ1) is 22.3. The standard InChI is InChI=1S/C33H32ClN9O3/c1-42(2)20-30-27(23-9-13-26(14-10-23)36-33(45)46-3)19-29(38-39-30)28(17-22-7-5-4-6-8-22)37-32(44)16-11-24-18-25(34)12-15-31(24)43-21-35-40-41-43/h4-16,18-19,21,28H,17,20H2,1-3H3,(H,36,45)(H,37,44)/b16-11+. The van der Waals surface area contributed by atoms with Gasteiger partial charge in [0.05, 0.1) is 30.2 Å². The Labute approximate surface area is 271 Å². The number of carbonyl (C=O) groups is 2. The summed E-state index contributed by atoms with van der Waals surface area (Å²) in [6.45, 7) is 0.548. The Balaban J connectivity index is 1.47. The van der Waals surface area contributed by atoms with Crippen molar-refractivity contribution >= 4 is 35.4 Å². The van der Waals surface area contributed by atoms with Gasteiger partial charge in [-0.25, -0.2) is 4.79 Å². The molecule has 0 saturated carbocycles. The van der Waals surface area contributed by atoms with Crippen molar-refractivity contribution in [3.63, 3.8) is 0 Å². The molecule has 1 atom stereocenters. The van der Waals surface area contributed by atoms with E-state index < -0.39 is 12.1 Å². The van der Waals surface area contributed by atoms with E-state index in [1.54, 1.807) is 36.4 Å². The van der Waals surface area contributed by atoms with Gasteiger partial charge in [-0.05, 0) is 84.5 Å². The van der Waals surface area contributed by atoms with Gasteiger partial charge in [0.25, 0.3) is 0 Å². The predicted octanol–water partition coefficient (Wildman–Crippen LogP) is 5.13. The van der Waals surface area contributed by atoms with Crippen LogP contribution >= 0.6 is 11.6 Å². The highest BCUT2D eigenvalue weighted by Crippen LogP contribution is 2.28. The summed E-state index contributed by atoms with van der Waals surface area (Å²) in [6.07, 6.45) is 4.51. The molecular formula is C33H32ClN9O3. The zero-order valence-corrected chi connectivity index (χ0v) is 26.2. The second kappa shape index (κ2) is 15.0. The van der Waals surface area contributed by atoms with Crippen molar-refractivity contribution in [2.24, 2.45) is 0 Å². The summed E-state index contributed by atoms with van der Waals surface area (Å²) >= 11 is 6.26. The van der Waals surface area contributed by atoms with Crippen LogP contribution in [-0.4, -0.2) is 68.5 Å². The molecule has 0 bridgehead atoms. The molecule has 13 heteroatoms. The quantitative estimate of drug-likeness (QED) is 0.189. The van der Waals surface area contributed by atoms with E-state index in [-0.39, 0.29) is 5.91 Å². The second-order valence-corrected chi connectivity index (χ2v) is 11.0. The van der Waals surface area contributed by atoms with Crippen LogP contribution in [0.2, 0.25) is 5.02 Å². The Morgan fingerprint density at radius 3 is 2.50 bits per heavy atom. The zero-order chi connectivity index (χ0) is 32.5. The van der Waals surface area contributed by atoms with Crippen LogP contribution in [-0.2, 0) is 22.5 Å². The molecule has 234 valence electrons. The predicted molar refractivity (Wildman–Crippen MR) is 175 cm³/mol. The first-order valence-electron chi connectivity index (χ1n) is 14.3. The summed E-state index contributed by atoms with van der Waals surface area (Å²) in [5, 5.41) is 26.8. The lowest BCUT2D eigenvalue weighted by molar-refractivity contribution is -0.117. The molecule has 0 saturated heterocycles. The lowest BCUT2D eigenvalue weighted by atomic mass is 9.98. The van der Waals surface area contributed by atoms with Crippen molar-refractivity contribution in [2.75, 3.05) is 26.5 Å². The Bertz CT molecular complexity index is 1810. The lowest BCUT2D eigenvalue weighted by Crippen LogP contribution is -2.29. The molecule has 2 heterocycles. The number of nitrogens with one attached hydrogen (secondary N) is 2. The number of tetrazole rings is 1. The average Bonchev–Trinajstić information content (AvgIpc) is 3.59. The summed E-state index contributed by atoms with van der Waals surface area (Å²) in [4.78, 5) is 27.1. The van der Waals surface area contributed by atoms with E-state index in [2.05, 4.69) is 36.4 Å². The number of ether oxygens (including phenoxy) is 1. The van der Waals surface area contributed by atoms with Crippen molar-refractivity contribution in [3.05, 3.63) is 119 Å². The number of hydrogen-bond donors (Lipinski definition) is 2. The van der Waals surface area contributed by atoms with E-state index in [9.17, 15) is 9.59 Å². The Morgan fingerprint density at radius 2 is 1.80 bits per heavy atom. The highest BCUT2D eigenvalue weighted by Gasteiger charge is 2.20. The van der Waals surface area contributed by atoms with Crippen LogP contribution in [0.1, 0.15) is 28.6 Å². The van der Waals surface area contributed by atoms with Gasteiger partial charge in [0, 0.05) is 34.5 Å². The molecule has 5 aromatic rings. The summed E-state index contributed by atoms with van der Waals surface area (Å²) in [5.74, 6) is -0.331. The highest BCUT2D eigenvalue weighted by atomic mass is 35.5. The van der Waals surface area contributed by atoms with Crippen molar-refractivity contribution in [3.8, 4) is 16.8 Å². The maximum Gasteiger partial charge on any atom is 0.411 e. The van der Waals surface area contributed by atoms with E-state index in [0.29, 0.717) is 40.6 Å². The summed E-state index contributed by atoms with van der Waals surface area (Å²) < 4.78 is 6.19. The van der Waals surface area contributed by atoms with Gasteiger partial charge in [0.1, 0.15) is 6.33 Å². The third-order valence-electron chi connectivity index (χ3n) is 6.94. The van der Waals surface area contributed by atoms with Crippen molar-refractivity contribution in [2.45, 2.75) is 19.0 Å². The SMILES string of the molecule is COC(=O)Nc1ccc(-c2cc(C(Cc3ccccc3)NC(=O)/C=C/c3cc(Cl)ccc3-n3cnnn3)nnc2CN(C)C)cc1. The van der Waals surface area contributed by atoms with Gasteiger partial charge < -0.3 is 15.0 Å². The maximum absolute atomic E-state index is 13.4. The summed E-state index contributed by atoms with van der Waals surface area (Å²) in [6, 6.07) is 23.9. The van der Waals surface area contributed by atoms with Gasteiger partial charge in [-0.2, -0.15) is 14.9 Å². The molecule has 0 aliphatic heterocycles. The first-order valence-corrected chi connectivity index (χ1v) is 14.7. The normalized spacial score (nSPS) is 11.8. The van der Waals surface area contributed by atoms with Crippen LogP contribution < -0.4 is 10.6 Å². The summed E-state index contributed by atoms with van der Waals surface area (Å²) in [7, 11) is 5.23. The van der Waals surface area contributed by atoms with Gasteiger partial charge in [-0.15, -0.1) is 5.10 Å². The molecule has 12 nitrogen and oxygen atoms in total. The number of anilines is 1. The number of amides is 2. The van der Waals surface area contributed by atoms with Crippen molar-refractivity contribution in [1.82, 2.24) is 40.6 Å². The van der Waals surface area contributed by atoms with E-state index in [0.717, 1.165) is 22.4 Å². The Hall–Kier alpha value is -5.46. The minimum absolute atomic E-state index is 0.331. The van der Waals surface area contributed by atoms with Gasteiger partial charge in [-0.1, -0.05) is 54.1 Å². The van der Waals surface area contributed by atoms with Crippen LogP contribution in [0.4, 0.5) is 10.5 Å². The largest absolute Gasteiger partial charge is 0.453 e. The lowest BCUT2D eigenvalue weighted by Gasteiger charge is -2.20. The molecule has 5 rings (SSSR count). The van der Waals surface area contributed by atoms with Crippen LogP contribution in [0, 0.1) is 0 Å². The van der Waals surface area contributed by atoms with Crippen LogP contribution in [0.25, 0.3) is 22.9 Å². The molecule has 0 radical (unpaired) electrons. The number of hydrogen-bond acceptors (Lipinski definition) is 9. The van der Waals surface area contributed by atoms with Crippen molar-refractivity contribution in [1.29, 1.82) is 0 Å². The van der Waals surface area contributed by atoms with Crippen LogP contribution in [0.3, 0.4) is 0 Å². The molecule has 2 N–H and O–H groups in total. The molecular weight excluding hydrogens is 606 g/mol. The van der Waals surface area contributed by atoms with E-state index in [1.807, 2.05) is 67.5 Å². The third kappa shape index (κ3) is 8.37. The highest BCUT2D eigenvalue weighted by molar-refractivity contribution is 6.30. The van der Waals surface area contributed by atoms with E-state index >= 15 is 0 Å². The Morgan fingerprint density at radius 1 is 1.02 bits per heavy atom. The Kier molecular flexibility index (Phi) is 10.4. The molecule has 1 unspecified atom stereocenters. The monoisotopic (exact) mass is 637 g/mol. The van der Waals surface area contributed by atoms with E-state index in [4.69, 9.17) is 16.3 Å². The molecule has 2 amide bonds. The fourth-order valence-corrected chi connectivity index (χ4v) is 4.95. The first kappa shape index (κ1) is 31.9. The molecule has 0 aliphatic rings. The number of halogens is 1. The fourth-order valence-electron chi connectivity index (χ4n) is 4.77. The fraction of sp³-hybridized carbons (Fsp3) is 0.182. The third-order valence-corrected chi connectivity index (χ3v) is 7.17. The molecule has 46 heavy (non-hydrogen) atoms. The smallest absolute Gasteiger partial charge is 0.411 e. The number of carbonyl (C=O) groups excluding carboxylic acids is 2. The second-order valence-electron chi connectivity index (χ2n) is 10.6. The number of aromatic nitrogens is 6. The van der Waals surface area contributed by atoms with Gasteiger partial charge in [0.2, 0.25) is 5.91 Å². The van der Waals surface area contributed by atoms with Crippen LogP contribution in [0.15, 0.2) is 91.3 Å². The molecule has 0 aliphatic carbocycles. The maximum atomic E-state index is 13.4. The number of nitrogens with zero attached hydrogens (tertiary/aromatic N) is 7. The molecule has 0 spiro atoms. The molecule has 2 aromatic heterocycles. The van der Waals surface area contributed by atoms with Gasteiger partial charge in [-0.3, -0.25) is 10.1 Å². The number of methoxy groups -OCH3 is 1. The minimum atomic E-state index is -0.551. The van der Waals surface area contributed by atoms with E-state index in [1.165, 1.54) is 24.2 Å². The number of rotatable bonds is 11. The summed E-state index contributed by atoms with van der Waals surface area (Å²) in [5.41, 5.74) is 6.04. The number of benzene rings is 3. The van der Waals surface area contributed by atoms with Crippen molar-refractivity contribution < 1.29 is 14.3 Å². The van der Waals surface area contributed by atoms with Crippen LogP contribution in [0.5, 0.6) is 0 Å². The average molecular weight is 638 g/mol. The van der Waals surface area contributed by atoms with Gasteiger partial charge in [0.15, 0.2) is 0 Å². The van der Waals surface area contributed by atoms with Gasteiger partial charge >= 0.3 is 6.09 Å². The minimum Gasteiger partial charge on any atom is -0.453 e. The topological polar surface area (TPSA) is 140 Å².